The van der Waals surface area contributed by atoms with E-state index in [1.165, 1.54) is 0 Å². The molecule has 2 rings (SSSR count). The van der Waals surface area contributed by atoms with E-state index >= 15 is 0 Å². The second kappa shape index (κ2) is 8.42. The van der Waals surface area contributed by atoms with Crippen LogP contribution in [0.25, 0.3) is 0 Å². The van der Waals surface area contributed by atoms with Gasteiger partial charge in [0.1, 0.15) is 37.0 Å². The summed E-state index contributed by atoms with van der Waals surface area (Å²) in [5.41, 5.74) is 6.94. The van der Waals surface area contributed by atoms with Crippen molar-refractivity contribution in [1.29, 1.82) is 5.26 Å². The van der Waals surface area contributed by atoms with E-state index in [0.717, 1.165) is 12.3 Å². The Bertz CT molecular complexity index is 831. The Morgan fingerprint density at radius 1 is 1.52 bits per heavy atom. The lowest BCUT2D eigenvalue weighted by Gasteiger charge is -2.26. The van der Waals surface area contributed by atoms with Crippen molar-refractivity contribution >= 4 is 5.97 Å². The van der Waals surface area contributed by atoms with Crippen LogP contribution < -0.4 is 22.7 Å². The van der Waals surface area contributed by atoms with E-state index in [1.807, 2.05) is 4.98 Å². The maximum absolute atomic E-state index is 12.0. The molecule has 2 heterocycles. The van der Waals surface area contributed by atoms with Crippen LogP contribution in [-0.4, -0.2) is 63.2 Å². The number of carbonyl (C=O) groups excluding carboxylic acids is 1. The molecule has 0 aliphatic carbocycles. The molecule has 0 spiro atoms. The third-order valence-corrected chi connectivity index (χ3v) is 4.19. The Hall–Kier alpha value is -2.56. The van der Waals surface area contributed by atoms with E-state index in [0.29, 0.717) is 24.0 Å². The zero-order valence-corrected chi connectivity index (χ0v) is 14.3. The van der Waals surface area contributed by atoms with Gasteiger partial charge in [-0.05, 0) is 19.4 Å². The SMILES string of the molecule is N#C[C@@]1(n2ccc(=O)[nH]c2=O)O[C@H](COC(=O)[C@H](N)CCCN)C(O)C1O. The number of ether oxygens (including phenoxy) is 2. The van der Waals surface area contributed by atoms with Crippen molar-refractivity contribution in [2.24, 2.45) is 11.5 Å². The standard InChI is InChI=1S/C15H21N5O7/c16-4-1-2-8(18)13(24)26-6-9-11(22)12(23)15(7-17,27-9)20-5-3-10(21)19-14(20)25/h3,5,8-9,11-12,22-23H,1-2,4,6,16,18H2,(H,19,21,25)/t8-,9-,11?,12?,15-/m1/s1. The van der Waals surface area contributed by atoms with Gasteiger partial charge in [0.2, 0.25) is 0 Å². The number of aliphatic hydroxyl groups is 2. The third kappa shape index (κ3) is 4.07. The molecule has 5 atom stereocenters. The number of aromatic nitrogens is 2. The number of nitrogens with two attached hydrogens (primary N) is 2. The number of aliphatic hydroxyl groups excluding tert-OH is 2. The summed E-state index contributed by atoms with van der Waals surface area (Å²) < 4.78 is 11.0. The van der Waals surface area contributed by atoms with Crippen molar-refractivity contribution in [3.05, 3.63) is 33.1 Å². The van der Waals surface area contributed by atoms with Gasteiger partial charge < -0.3 is 31.2 Å². The first-order valence-corrected chi connectivity index (χ1v) is 8.16. The molecule has 1 fully saturated rings. The van der Waals surface area contributed by atoms with Crippen LogP contribution in [0.15, 0.2) is 21.9 Å². The van der Waals surface area contributed by atoms with Crippen molar-refractivity contribution in [3.63, 3.8) is 0 Å². The largest absolute Gasteiger partial charge is 0.462 e. The summed E-state index contributed by atoms with van der Waals surface area (Å²) in [6.45, 7) is -0.148. The molecule has 7 N–H and O–H groups in total. The summed E-state index contributed by atoms with van der Waals surface area (Å²) >= 11 is 0. The van der Waals surface area contributed by atoms with E-state index < -0.39 is 53.9 Å². The lowest BCUT2D eigenvalue weighted by molar-refractivity contribution is -0.155. The fourth-order valence-corrected chi connectivity index (χ4v) is 2.69. The fraction of sp³-hybridized carbons (Fsp3) is 0.600. The average Bonchev–Trinajstić information content (AvgIpc) is 2.89. The molecule has 0 saturated carbocycles. The van der Waals surface area contributed by atoms with E-state index in [2.05, 4.69) is 0 Å². The summed E-state index contributed by atoms with van der Waals surface area (Å²) in [4.78, 5) is 36.9. The Kier molecular flexibility index (Phi) is 6.47. The first-order chi connectivity index (χ1) is 12.8. The van der Waals surface area contributed by atoms with Crippen LogP contribution in [-0.2, 0) is 20.0 Å². The van der Waals surface area contributed by atoms with Crippen molar-refractivity contribution < 1.29 is 24.5 Å². The van der Waals surface area contributed by atoms with Gasteiger partial charge in [0.05, 0.1) is 0 Å². The van der Waals surface area contributed by atoms with Crippen LogP contribution in [0.3, 0.4) is 0 Å². The lowest BCUT2D eigenvalue weighted by Crippen LogP contribution is -2.50. The molecular weight excluding hydrogens is 362 g/mol. The quantitative estimate of drug-likeness (QED) is 0.293. The molecule has 1 aliphatic rings. The van der Waals surface area contributed by atoms with Crippen LogP contribution >= 0.6 is 0 Å². The van der Waals surface area contributed by atoms with Gasteiger partial charge in [-0.25, -0.2) is 4.79 Å². The Labute approximate surface area is 152 Å². The van der Waals surface area contributed by atoms with Crippen molar-refractivity contribution in [1.82, 2.24) is 9.55 Å². The minimum atomic E-state index is -2.31. The van der Waals surface area contributed by atoms with Crippen molar-refractivity contribution in [3.8, 4) is 6.07 Å². The number of H-pyrrole nitrogens is 1. The van der Waals surface area contributed by atoms with Gasteiger partial charge in [0, 0.05) is 12.3 Å². The number of nitrogens with one attached hydrogen (secondary N) is 1. The van der Waals surface area contributed by atoms with Crippen LogP contribution in [0, 0.1) is 11.3 Å². The molecule has 0 amide bonds. The Morgan fingerprint density at radius 3 is 2.81 bits per heavy atom. The molecule has 12 heteroatoms. The first kappa shape index (κ1) is 20.7. The number of hydrogen-bond acceptors (Lipinski definition) is 10. The lowest BCUT2D eigenvalue weighted by atomic mass is 10.0. The van der Waals surface area contributed by atoms with E-state index in [9.17, 15) is 29.9 Å². The number of hydrogen-bond donors (Lipinski definition) is 5. The summed E-state index contributed by atoms with van der Waals surface area (Å²) in [5.74, 6) is -0.760. The van der Waals surface area contributed by atoms with Gasteiger partial charge in [0.25, 0.3) is 11.3 Å². The molecule has 1 aliphatic heterocycles. The number of rotatable bonds is 7. The van der Waals surface area contributed by atoms with Crippen molar-refractivity contribution in [2.45, 2.75) is 42.9 Å². The Morgan fingerprint density at radius 2 is 2.22 bits per heavy atom. The summed E-state index contributed by atoms with van der Waals surface area (Å²) in [6, 6.07) is 1.67. The second-order valence-electron chi connectivity index (χ2n) is 6.05. The first-order valence-electron chi connectivity index (χ1n) is 8.16. The van der Waals surface area contributed by atoms with Crippen LogP contribution in [0.5, 0.6) is 0 Å². The fourth-order valence-electron chi connectivity index (χ4n) is 2.69. The van der Waals surface area contributed by atoms with Gasteiger partial charge in [-0.3, -0.25) is 19.1 Å². The van der Waals surface area contributed by atoms with Crippen LogP contribution in [0.1, 0.15) is 12.8 Å². The highest BCUT2D eigenvalue weighted by Gasteiger charge is 2.57. The molecule has 0 aromatic carbocycles. The predicted octanol–water partition coefficient (Wildman–Crippen LogP) is -3.56. The van der Waals surface area contributed by atoms with Gasteiger partial charge in [0.15, 0.2) is 0 Å². The molecule has 2 unspecified atom stereocenters. The van der Waals surface area contributed by atoms with E-state index in [4.69, 9.17) is 20.9 Å². The molecule has 1 aromatic heterocycles. The monoisotopic (exact) mass is 383 g/mol. The minimum Gasteiger partial charge on any atom is -0.462 e. The van der Waals surface area contributed by atoms with Gasteiger partial charge in [-0.2, -0.15) is 5.26 Å². The molecule has 1 saturated heterocycles. The molecular formula is C15H21N5O7. The molecule has 0 radical (unpaired) electrons. The van der Waals surface area contributed by atoms with E-state index in [1.54, 1.807) is 6.07 Å². The highest BCUT2D eigenvalue weighted by molar-refractivity contribution is 5.75. The molecule has 0 bridgehead atoms. The van der Waals surface area contributed by atoms with Gasteiger partial charge >= 0.3 is 11.7 Å². The van der Waals surface area contributed by atoms with Gasteiger partial charge in [-0.1, -0.05) is 0 Å². The third-order valence-electron chi connectivity index (χ3n) is 4.19. The molecule has 1 aromatic rings. The smallest absolute Gasteiger partial charge is 0.331 e. The highest BCUT2D eigenvalue weighted by atomic mass is 16.6. The normalized spacial score (nSPS) is 28.5. The predicted molar refractivity (Wildman–Crippen MR) is 89.0 cm³/mol. The van der Waals surface area contributed by atoms with Crippen LogP contribution in [0.2, 0.25) is 0 Å². The maximum Gasteiger partial charge on any atom is 0.331 e. The minimum absolute atomic E-state index is 0.306. The number of nitriles is 1. The summed E-state index contributed by atoms with van der Waals surface area (Å²) in [7, 11) is 0. The highest BCUT2D eigenvalue weighted by Crippen LogP contribution is 2.34. The van der Waals surface area contributed by atoms with Crippen LogP contribution in [0.4, 0.5) is 0 Å². The topological polar surface area (TPSA) is 207 Å². The number of nitrogens with zero attached hydrogens (tertiary/aromatic N) is 2. The zero-order valence-electron chi connectivity index (χ0n) is 14.3. The number of aromatic amines is 1. The maximum atomic E-state index is 12.0. The number of esters is 1. The molecule has 148 valence electrons. The summed E-state index contributed by atoms with van der Waals surface area (Å²) in [6.07, 6.45) is -3.01. The zero-order chi connectivity index (χ0) is 20.2. The van der Waals surface area contributed by atoms with Crippen molar-refractivity contribution in [2.75, 3.05) is 13.2 Å². The molecule has 12 nitrogen and oxygen atoms in total. The Balaban J connectivity index is 2.16. The molecule has 27 heavy (non-hydrogen) atoms. The van der Waals surface area contributed by atoms with Gasteiger partial charge in [-0.15, -0.1) is 0 Å². The average molecular weight is 383 g/mol. The summed E-state index contributed by atoms with van der Waals surface area (Å²) in [5, 5.41) is 30.0. The second-order valence-corrected chi connectivity index (χ2v) is 6.05. The number of carbonyl (C=O) groups is 1. The van der Waals surface area contributed by atoms with E-state index in [-0.39, 0.29) is 0 Å².